The molecule has 5 heteroatoms. The van der Waals surface area contributed by atoms with E-state index in [4.69, 9.17) is 0 Å². The molecule has 2 aromatic rings. The Bertz CT molecular complexity index is 569. The third kappa shape index (κ3) is 2.93. The monoisotopic (exact) mass is 339 g/mol. The maximum Gasteiger partial charge on any atom is 0.183 e. The van der Waals surface area contributed by atoms with Crippen molar-refractivity contribution in [1.82, 2.24) is 9.88 Å². The van der Waals surface area contributed by atoms with E-state index >= 15 is 0 Å². The Balaban J connectivity index is 1.68. The molecule has 1 atom stereocenters. The first-order valence-corrected chi connectivity index (χ1v) is 8.41. The predicted octanol–water partition coefficient (Wildman–Crippen LogP) is 3.96. The number of likely N-dealkylation sites (N-methyl/N-ethyl adjacent to an activating group) is 1. The fourth-order valence-corrected chi connectivity index (χ4v) is 4.15. The van der Waals surface area contributed by atoms with Crippen molar-refractivity contribution in [3.05, 3.63) is 22.7 Å². The molecule has 0 aliphatic carbocycles. The van der Waals surface area contributed by atoms with Crippen molar-refractivity contribution in [3.8, 4) is 0 Å². The van der Waals surface area contributed by atoms with E-state index in [1.807, 2.05) is 6.07 Å². The first kappa shape index (κ1) is 13.3. The Morgan fingerprint density at radius 2 is 2.42 bits per heavy atom. The predicted molar refractivity (Wildman–Crippen MR) is 86.1 cm³/mol. The zero-order valence-corrected chi connectivity index (χ0v) is 13.4. The van der Waals surface area contributed by atoms with Crippen LogP contribution in [0.3, 0.4) is 0 Å². The molecule has 1 aliphatic heterocycles. The number of hydrogen-bond donors (Lipinski definition) is 1. The van der Waals surface area contributed by atoms with Gasteiger partial charge in [0.1, 0.15) is 0 Å². The molecule has 2 heterocycles. The van der Waals surface area contributed by atoms with E-state index in [1.165, 1.54) is 24.1 Å². The number of aromatic nitrogens is 1. The van der Waals surface area contributed by atoms with Crippen molar-refractivity contribution in [2.75, 3.05) is 25.0 Å². The molecule has 0 spiro atoms. The lowest BCUT2D eigenvalue weighted by Crippen LogP contribution is -2.34. The van der Waals surface area contributed by atoms with Crippen molar-refractivity contribution in [2.24, 2.45) is 0 Å². The molecule has 1 saturated heterocycles. The van der Waals surface area contributed by atoms with Gasteiger partial charge in [0.2, 0.25) is 0 Å². The third-order valence-corrected chi connectivity index (χ3v) is 5.21. The number of fused-ring (bicyclic) bond motifs is 1. The summed E-state index contributed by atoms with van der Waals surface area (Å²) in [5.41, 5.74) is 1.08. The maximum atomic E-state index is 4.63. The van der Waals surface area contributed by atoms with Crippen molar-refractivity contribution in [1.29, 1.82) is 0 Å². The van der Waals surface area contributed by atoms with Gasteiger partial charge in [-0.2, -0.15) is 0 Å². The summed E-state index contributed by atoms with van der Waals surface area (Å²) in [4.78, 5) is 7.19. The van der Waals surface area contributed by atoms with Gasteiger partial charge in [-0.25, -0.2) is 4.98 Å². The van der Waals surface area contributed by atoms with Gasteiger partial charge in [0.15, 0.2) is 5.13 Å². The van der Waals surface area contributed by atoms with Crippen LogP contribution in [0, 0.1) is 0 Å². The average molecular weight is 340 g/mol. The molecule has 0 bridgehead atoms. The van der Waals surface area contributed by atoms with Gasteiger partial charge in [0.05, 0.1) is 10.2 Å². The van der Waals surface area contributed by atoms with Crippen LogP contribution in [-0.2, 0) is 0 Å². The van der Waals surface area contributed by atoms with E-state index in [9.17, 15) is 0 Å². The molecule has 1 aromatic carbocycles. The highest BCUT2D eigenvalue weighted by Crippen LogP contribution is 2.28. The largest absolute Gasteiger partial charge is 0.360 e. The minimum Gasteiger partial charge on any atom is -0.360 e. The molecule has 3 nitrogen and oxygen atoms in total. The van der Waals surface area contributed by atoms with E-state index in [0.29, 0.717) is 6.04 Å². The first-order valence-electron chi connectivity index (χ1n) is 6.80. The van der Waals surface area contributed by atoms with Gasteiger partial charge in [-0.3, -0.25) is 4.90 Å². The minimum atomic E-state index is 0.670. The number of thiazole rings is 1. The molecule has 1 aliphatic rings. The molecule has 1 unspecified atom stereocenters. The van der Waals surface area contributed by atoms with E-state index < -0.39 is 0 Å². The van der Waals surface area contributed by atoms with Crippen molar-refractivity contribution >= 4 is 42.6 Å². The highest BCUT2D eigenvalue weighted by atomic mass is 79.9. The molecule has 1 aromatic heterocycles. The number of rotatable bonds is 4. The van der Waals surface area contributed by atoms with E-state index in [2.05, 4.69) is 50.2 Å². The van der Waals surface area contributed by atoms with Crippen LogP contribution in [0.25, 0.3) is 10.2 Å². The normalized spacial score (nSPS) is 20.2. The van der Waals surface area contributed by atoms with Crippen LogP contribution in [0.4, 0.5) is 5.13 Å². The minimum absolute atomic E-state index is 0.670. The van der Waals surface area contributed by atoms with Gasteiger partial charge >= 0.3 is 0 Å². The second-order valence-electron chi connectivity index (χ2n) is 4.94. The number of benzene rings is 1. The zero-order chi connectivity index (χ0) is 13.2. The van der Waals surface area contributed by atoms with Gasteiger partial charge in [0, 0.05) is 17.1 Å². The van der Waals surface area contributed by atoms with Gasteiger partial charge in [-0.1, -0.05) is 34.2 Å². The summed E-state index contributed by atoms with van der Waals surface area (Å²) in [7, 11) is 0. The van der Waals surface area contributed by atoms with Crippen LogP contribution < -0.4 is 5.32 Å². The maximum absolute atomic E-state index is 4.63. The summed E-state index contributed by atoms with van der Waals surface area (Å²) in [6, 6.07) is 6.91. The Labute approximate surface area is 126 Å². The molecular weight excluding hydrogens is 322 g/mol. The lowest BCUT2D eigenvalue weighted by atomic mass is 10.2. The smallest absolute Gasteiger partial charge is 0.183 e. The SMILES string of the molecule is CCN1CCCC1CNc1nc2ccc(Br)cc2s1. The highest BCUT2D eigenvalue weighted by Gasteiger charge is 2.22. The van der Waals surface area contributed by atoms with Crippen LogP contribution in [0.5, 0.6) is 0 Å². The molecule has 0 radical (unpaired) electrons. The Morgan fingerprint density at radius 1 is 1.53 bits per heavy atom. The Kier molecular flexibility index (Phi) is 4.05. The molecule has 1 N–H and O–H groups in total. The zero-order valence-electron chi connectivity index (χ0n) is 11.0. The Hall–Kier alpha value is -0.650. The lowest BCUT2D eigenvalue weighted by Gasteiger charge is -2.22. The highest BCUT2D eigenvalue weighted by molar-refractivity contribution is 9.10. The molecule has 0 amide bonds. The van der Waals surface area contributed by atoms with Gasteiger partial charge < -0.3 is 5.32 Å². The molecule has 1 fully saturated rings. The third-order valence-electron chi connectivity index (χ3n) is 3.74. The standard InChI is InChI=1S/C14H18BrN3S/c1-2-18-7-3-4-11(18)9-16-14-17-12-6-5-10(15)8-13(12)19-14/h5-6,8,11H,2-4,7,9H2,1H3,(H,16,17). The van der Waals surface area contributed by atoms with Crippen LogP contribution in [0.15, 0.2) is 22.7 Å². The summed E-state index contributed by atoms with van der Waals surface area (Å²) in [5, 5.41) is 4.55. The van der Waals surface area contributed by atoms with Gasteiger partial charge in [-0.15, -0.1) is 0 Å². The summed E-state index contributed by atoms with van der Waals surface area (Å²) < 4.78 is 2.35. The summed E-state index contributed by atoms with van der Waals surface area (Å²) in [6.45, 7) is 5.65. The fourth-order valence-electron chi connectivity index (χ4n) is 2.72. The van der Waals surface area contributed by atoms with Gasteiger partial charge in [-0.05, 0) is 44.1 Å². The van der Waals surface area contributed by atoms with Crippen LogP contribution in [0.1, 0.15) is 19.8 Å². The summed E-state index contributed by atoms with van der Waals surface area (Å²) in [6.07, 6.45) is 2.63. The molecular formula is C14H18BrN3S. The Morgan fingerprint density at radius 3 is 3.26 bits per heavy atom. The molecule has 0 saturated carbocycles. The van der Waals surface area contributed by atoms with Crippen LogP contribution >= 0.6 is 27.3 Å². The van der Waals surface area contributed by atoms with Crippen molar-refractivity contribution < 1.29 is 0 Å². The molecule has 19 heavy (non-hydrogen) atoms. The first-order chi connectivity index (χ1) is 9.26. The quantitative estimate of drug-likeness (QED) is 0.913. The van der Waals surface area contributed by atoms with Crippen molar-refractivity contribution in [3.63, 3.8) is 0 Å². The number of hydrogen-bond acceptors (Lipinski definition) is 4. The number of nitrogens with one attached hydrogen (secondary N) is 1. The number of anilines is 1. The summed E-state index contributed by atoms with van der Waals surface area (Å²) >= 11 is 5.24. The lowest BCUT2D eigenvalue weighted by molar-refractivity contribution is 0.277. The summed E-state index contributed by atoms with van der Waals surface area (Å²) in [5.74, 6) is 0. The number of likely N-dealkylation sites (tertiary alicyclic amines) is 1. The van der Waals surface area contributed by atoms with E-state index in [0.717, 1.165) is 28.2 Å². The van der Waals surface area contributed by atoms with Crippen LogP contribution in [-0.4, -0.2) is 35.6 Å². The van der Waals surface area contributed by atoms with Crippen LogP contribution in [0.2, 0.25) is 0 Å². The number of halogens is 1. The average Bonchev–Trinajstić information content (AvgIpc) is 3.01. The van der Waals surface area contributed by atoms with Crippen molar-refractivity contribution in [2.45, 2.75) is 25.8 Å². The van der Waals surface area contributed by atoms with E-state index in [1.54, 1.807) is 11.3 Å². The topological polar surface area (TPSA) is 28.2 Å². The molecule has 102 valence electrons. The van der Waals surface area contributed by atoms with Gasteiger partial charge in [0.25, 0.3) is 0 Å². The second-order valence-corrected chi connectivity index (χ2v) is 6.88. The van der Waals surface area contributed by atoms with E-state index in [-0.39, 0.29) is 0 Å². The number of nitrogens with zero attached hydrogens (tertiary/aromatic N) is 2. The second kappa shape index (κ2) is 5.77. The molecule has 3 rings (SSSR count). The fraction of sp³-hybridized carbons (Fsp3) is 0.500.